The second-order valence-corrected chi connectivity index (χ2v) is 5.59. The lowest BCUT2D eigenvalue weighted by Crippen LogP contribution is -2.42. The number of anilines is 1. The lowest BCUT2D eigenvalue weighted by molar-refractivity contribution is 0.0694. The van der Waals surface area contributed by atoms with Gasteiger partial charge < -0.3 is 19.7 Å². The van der Waals surface area contributed by atoms with E-state index in [4.69, 9.17) is 9.47 Å². The Hall–Kier alpha value is -2.69. The highest BCUT2D eigenvalue weighted by atomic mass is 16.6. The quantitative estimate of drug-likeness (QED) is 0.926. The molecule has 23 heavy (non-hydrogen) atoms. The standard InChI is InChI=1S/C18H18N2O3/c1-2-20-17(19-14-6-4-3-5-13(14)18(20)21)12-7-8-15-16(11-12)23-10-9-22-15/h3-8,11,17,19H,2,9-10H2,1H3/t17-/m0/s1. The lowest BCUT2D eigenvalue weighted by atomic mass is 10.0. The number of nitrogens with one attached hydrogen (secondary N) is 1. The third kappa shape index (κ3) is 2.29. The average Bonchev–Trinajstić information content (AvgIpc) is 2.61. The molecule has 2 aliphatic heterocycles. The number of para-hydroxylation sites is 1. The zero-order chi connectivity index (χ0) is 15.8. The molecule has 2 aliphatic rings. The van der Waals surface area contributed by atoms with Crippen LogP contribution in [0, 0.1) is 0 Å². The highest BCUT2D eigenvalue weighted by Gasteiger charge is 2.32. The summed E-state index contributed by atoms with van der Waals surface area (Å²) in [5.74, 6) is 1.53. The minimum atomic E-state index is -0.210. The molecule has 2 aromatic carbocycles. The van der Waals surface area contributed by atoms with Gasteiger partial charge in [0.25, 0.3) is 5.91 Å². The van der Waals surface area contributed by atoms with Gasteiger partial charge in [-0.2, -0.15) is 0 Å². The largest absolute Gasteiger partial charge is 0.486 e. The van der Waals surface area contributed by atoms with Crippen LogP contribution < -0.4 is 14.8 Å². The van der Waals surface area contributed by atoms with E-state index in [1.54, 1.807) is 0 Å². The number of benzene rings is 2. The van der Waals surface area contributed by atoms with Crippen LogP contribution in [-0.2, 0) is 0 Å². The van der Waals surface area contributed by atoms with E-state index >= 15 is 0 Å². The van der Waals surface area contributed by atoms with Gasteiger partial charge in [-0.15, -0.1) is 0 Å². The van der Waals surface area contributed by atoms with Crippen LogP contribution in [0.2, 0.25) is 0 Å². The molecule has 0 aliphatic carbocycles. The van der Waals surface area contributed by atoms with Crippen molar-refractivity contribution in [2.75, 3.05) is 25.1 Å². The Labute approximate surface area is 134 Å². The number of hydrogen-bond donors (Lipinski definition) is 1. The molecular formula is C18H18N2O3. The van der Waals surface area contributed by atoms with Crippen LogP contribution in [0.25, 0.3) is 0 Å². The number of hydrogen-bond acceptors (Lipinski definition) is 4. The molecule has 5 heteroatoms. The Morgan fingerprint density at radius 1 is 1.13 bits per heavy atom. The van der Waals surface area contributed by atoms with E-state index in [2.05, 4.69) is 5.32 Å². The molecule has 0 bridgehead atoms. The van der Waals surface area contributed by atoms with Crippen molar-refractivity contribution in [3.63, 3.8) is 0 Å². The molecule has 0 aromatic heterocycles. The number of ether oxygens (including phenoxy) is 2. The second-order valence-electron chi connectivity index (χ2n) is 5.59. The van der Waals surface area contributed by atoms with Crippen molar-refractivity contribution < 1.29 is 14.3 Å². The molecular weight excluding hydrogens is 292 g/mol. The fourth-order valence-corrected chi connectivity index (χ4v) is 3.11. The summed E-state index contributed by atoms with van der Waals surface area (Å²) in [4.78, 5) is 14.6. The summed E-state index contributed by atoms with van der Waals surface area (Å²) in [7, 11) is 0. The minimum Gasteiger partial charge on any atom is -0.486 e. The van der Waals surface area contributed by atoms with Crippen LogP contribution in [0.15, 0.2) is 42.5 Å². The molecule has 0 radical (unpaired) electrons. The first kappa shape index (κ1) is 13.9. The smallest absolute Gasteiger partial charge is 0.257 e. The van der Waals surface area contributed by atoms with E-state index in [-0.39, 0.29) is 12.1 Å². The zero-order valence-corrected chi connectivity index (χ0v) is 12.9. The van der Waals surface area contributed by atoms with E-state index in [0.717, 1.165) is 22.7 Å². The van der Waals surface area contributed by atoms with Gasteiger partial charge >= 0.3 is 0 Å². The Bertz CT molecular complexity index is 760. The molecule has 1 N–H and O–H groups in total. The van der Waals surface area contributed by atoms with Crippen molar-refractivity contribution in [2.24, 2.45) is 0 Å². The molecule has 5 nitrogen and oxygen atoms in total. The van der Waals surface area contributed by atoms with E-state index in [0.29, 0.717) is 25.3 Å². The Morgan fingerprint density at radius 2 is 1.91 bits per heavy atom. The van der Waals surface area contributed by atoms with Crippen molar-refractivity contribution in [3.8, 4) is 11.5 Å². The molecule has 0 saturated heterocycles. The summed E-state index contributed by atoms with van der Waals surface area (Å²) < 4.78 is 11.2. The van der Waals surface area contributed by atoms with Crippen LogP contribution in [0.5, 0.6) is 11.5 Å². The van der Waals surface area contributed by atoms with Crippen molar-refractivity contribution in [1.82, 2.24) is 4.90 Å². The Morgan fingerprint density at radius 3 is 2.74 bits per heavy atom. The summed E-state index contributed by atoms with van der Waals surface area (Å²) >= 11 is 0. The molecule has 0 fully saturated rings. The van der Waals surface area contributed by atoms with Gasteiger partial charge in [0.2, 0.25) is 0 Å². The maximum Gasteiger partial charge on any atom is 0.257 e. The van der Waals surface area contributed by atoms with Crippen molar-refractivity contribution in [2.45, 2.75) is 13.1 Å². The van der Waals surface area contributed by atoms with Gasteiger partial charge in [0.15, 0.2) is 11.5 Å². The molecule has 2 heterocycles. The van der Waals surface area contributed by atoms with Crippen LogP contribution in [0.4, 0.5) is 5.69 Å². The third-order valence-electron chi connectivity index (χ3n) is 4.24. The Kier molecular flexibility index (Phi) is 3.33. The number of fused-ring (bicyclic) bond motifs is 2. The van der Waals surface area contributed by atoms with Gasteiger partial charge in [-0.3, -0.25) is 4.79 Å². The van der Waals surface area contributed by atoms with E-state index in [1.165, 1.54) is 0 Å². The first-order valence-electron chi connectivity index (χ1n) is 7.84. The average molecular weight is 310 g/mol. The molecule has 1 amide bonds. The van der Waals surface area contributed by atoms with Crippen LogP contribution >= 0.6 is 0 Å². The molecule has 0 saturated carbocycles. The van der Waals surface area contributed by atoms with Crippen LogP contribution in [0.1, 0.15) is 29.0 Å². The third-order valence-corrected chi connectivity index (χ3v) is 4.24. The highest BCUT2D eigenvalue weighted by Crippen LogP contribution is 2.37. The van der Waals surface area contributed by atoms with Crippen molar-refractivity contribution >= 4 is 11.6 Å². The van der Waals surface area contributed by atoms with E-state index in [9.17, 15) is 4.79 Å². The van der Waals surface area contributed by atoms with Gasteiger partial charge in [0.05, 0.1) is 5.56 Å². The first-order chi connectivity index (χ1) is 11.3. The topological polar surface area (TPSA) is 50.8 Å². The summed E-state index contributed by atoms with van der Waals surface area (Å²) in [6, 6.07) is 13.5. The Balaban J connectivity index is 1.74. The van der Waals surface area contributed by atoms with Crippen molar-refractivity contribution in [3.05, 3.63) is 53.6 Å². The number of rotatable bonds is 2. The van der Waals surface area contributed by atoms with Gasteiger partial charge in [-0.05, 0) is 36.8 Å². The summed E-state index contributed by atoms with van der Waals surface area (Å²) in [6.07, 6.45) is -0.210. The van der Waals surface area contributed by atoms with Crippen LogP contribution in [0.3, 0.4) is 0 Å². The SMILES string of the molecule is CCN1C(=O)c2ccccc2N[C@@H]1c1ccc2c(c1)OCCO2. The normalized spacial score (nSPS) is 19.1. The van der Waals surface area contributed by atoms with Gasteiger partial charge in [-0.25, -0.2) is 0 Å². The van der Waals surface area contributed by atoms with Crippen molar-refractivity contribution in [1.29, 1.82) is 0 Å². The second kappa shape index (κ2) is 5.50. The number of carbonyl (C=O) groups excluding carboxylic acids is 1. The number of nitrogens with zero attached hydrogens (tertiary/aromatic N) is 1. The minimum absolute atomic E-state index is 0.0433. The molecule has 2 aromatic rings. The summed E-state index contributed by atoms with van der Waals surface area (Å²) in [5.41, 5.74) is 2.56. The number of amides is 1. The monoisotopic (exact) mass is 310 g/mol. The van der Waals surface area contributed by atoms with Crippen LogP contribution in [-0.4, -0.2) is 30.6 Å². The fraction of sp³-hybridized carbons (Fsp3) is 0.278. The number of carbonyl (C=O) groups is 1. The van der Waals surface area contributed by atoms with E-state index in [1.807, 2.05) is 54.3 Å². The highest BCUT2D eigenvalue weighted by molar-refractivity contribution is 6.01. The zero-order valence-electron chi connectivity index (χ0n) is 12.9. The maximum absolute atomic E-state index is 12.8. The molecule has 0 spiro atoms. The predicted molar refractivity (Wildman–Crippen MR) is 86.9 cm³/mol. The lowest BCUT2D eigenvalue weighted by Gasteiger charge is -2.37. The fourth-order valence-electron chi connectivity index (χ4n) is 3.11. The van der Waals surface area contributed by atoms with Gasteiger partial charge in [0, 0.05) is 12.2 Å². The molecule has 1 atom stereocenters. The molecule has 0 unspecified atom stereocenters. The predicted octanol–water partition coefficient (Wildman–Crippen LogP) is 3.04. The summed E-state index contributed by atoms with van der Waals surface area (Å²) in [5, 5.41) is 3.46. The molecule has 118 valence electrons. The maximum atomic E-state index is 12.8. The summed E-state index contributed by atoms with van der Waals surface area (Å²) in [6.45, 7) is 3.73. The molecule has 4 rings (SSSR count). The van der Waals surface area contributed by atoms with Gasteiger partial charge in [-0.1, -0.05) is 18.2 Å². The first-order valence-corrected chi connectivity index (χ1v) is 7.84. The van der Waals surface area contributed by atoms with E-state index < -0.39 is 0 Å². The van der Waals surface area contributed by atoms with Gasteiger partial charge in [0.1, 0.15) is 19.4 Å².